The molecule has 2 aliphatic rings. The highest BCUT2D eigenvalue weighted by atomic mass is 16.5. The summed E-state index contributed by atoms with van der Waals surface area (Å²) >= 11 is 0. The Morgan fingerprint density at radius 1 is 0.935 bits per heavy atom. The summed E-state index contributed by atoms with van der Waals surface area (Å²) in [6, 6.07) is 3.32. The van der Waals surface area contributed by atoms with Gasteiger partial charge in [-0.25, -0.2) is 47.0 Å². The zero-order valence-electron chi connectivity index (χ0n) is 17.1. The highest BCUT2D eigenvalue weighted by molar-refractivity contribution is 5.45. The molecule has 0 aliphatic carbocycles. The summed E-state index contributed by atoms with van der Waals surface area (Å²) in [6.07, 6.45) is 1.80. The lowest BCUT2D eigenvalue weighted by molar-refractivity contribution is 0.245. The molecule has 0 radical (unpaired) electrons. The Morgan fingerprint density at radius 2 is 1.58 bits per heavy atom. The Morgan fingerprint density at radius 3 is 2.23 bits per heavy atom. The van der Waals surface area contributed by atoms with Gasteiger partial charge in [0.15, 0.2) is 11.5 Å². The lowest BCUT2D eigenvalue weighted by Gasteiger charge is -2.37. The molecule has 0 amide bonds. The maximum absolute atomic E-state index is 12.9. The zero-order valence-corrected chi connectivity index (χ0v) is 17.1. The van der Waals surface area contributed by atoms with Crippen LogP contribution in [0.4, 0.5) is 0 Å². The van der Waals surface area contributed by atoms with Crippen LogP contribution < -0.4 is 27.5 Å². The van der Waals surface area contributed by atoms with E-state index >= 15 is 0 Å². The van der Waals surface area contributed by atoms with Crippen LogP contribution in [0.5, 0.6) is 11.5 Å². The molecule has 0 saturated heterocycles. The standard InChI is InChI=1S/C19H20N6O6/c1-20-16(27)22-7-6-11-12(24(22)18(20)29)9-23-17(28)21(2)19(30)25(23)15(11)10-4-5-14(31-3)13(26)8-10/h4-6,8,12,15,26H,7,9H2,1-3H3/t12-,15+/m1/s1. The summed E-state index contributed by atoms with van der Waals surface area (Å²) in [5, 5.41) is 10.3. The van der Waals surface area contributed by atoms with E-state index in [2.05, 4.69) is 0 Å². The van der Waals surface area contributed by atoms with Crippen molar-refractivity contribution in [2.45, 2.75) is 25.2 Å². The predicted octanol–water partition coefficient (Wildman–Crippen LogP) is -1.49. The fourth-order valence-corrected chi connectivity index (χ4v) is 4.55. The molecule has 1 aromatic carbocycles. The summed E-state index contributed by atoms with van der Waals surface area (Å²) in [5.74, 6) is 0.143. The van der Waals surface area contributed by atoms with Crippen molar-refractivity contribution in [3.63, 3.8) is 0 Å². The van der Waals surface area contributed by atoms with Gasteiger partial charge in [0.2, 0.25) is 0 Å². The molecular weight excluding hydrogens is 408 g/mol. The van der Waals surface area contributed by atoms with E-state index in [0.717, 1.165) is 9.13 Å². The molecule has 0 unspecified atom stereocenters. The molecule has 162 valence electrons. The maximum Gasteiger partial charge on any atom is 0.347 e. The monoisotopic (exact) mass is 428 g/mol. The van der Waals surface area contributed by atoms with Gasteiger partial charge in [-0.15, -0.1) is 0 Å². The van der Waals surface area contributed by atoms with Gasteiger partial charge in [-0.2, -0.15) is 0 Å². The molecule has 3 aromatic rings. The fraction of sp³-hybridized carbons (Fsp3) is 0.368. The highest BCUT2D eigenvalue weighted by Crippen LogP contribution is 2.40. The zero-order chi connectivity index (χ0) is 22.2. The first-order chi connectivity index (χ1) is 14.8. The molecule has 1 N–H and O–H groups in total. The quantitative estimate of drug-likeness (QED) is 0.496. The maximum atomic E-state index is 12.9. The molecule has 31 heavy (non-hydrogen) atoms. The van der Waals surface area contributed by atoms with Crippen molar-refractivity contribution in [3.8, 4) is 11.5 Å². The van der Waals surface area contributed by atoms with E-state index in [1.165, 1.54) is 46.0 Å². The van der Waals surface area contributed by atoms with Crippen LogP contribution in [0.3, 0.4) is 0 Å². The summed E-state index contributed by atoms with van der Waals surface area (Å²) in [4.78, 5) is 51.0. The second kappa shape index (κ2) is 6.27. The fourth-order valence-electron chi connectivity index (χ4n) is 4.55. The van der Waals surface area contributed by atoms with Gasteiger partial charge in [0, 0.05) is 14.1 Å². The Kier molecular flexibility index (Phi) is 3.85. The number of hydrogen-bond donors (Lipinski definition) is 1. The number of nitrogens with zero attached hydrogens (tertiary/aromatic N) is 6. The number of benzene rings is 1. The minimum atomic E-state index is -0.757. The van der Waals surface area contributed by atoms with Crippen molar-refractivity contribution in [1.82, 2.24) is 27.9 Å². The first-order valence-electron chi connectivity index (χ1n) is 9.59. The largest absolute Gasteiger partial charge is 0.504 e. The third-order valence-corrected chi connectivity index (χ3v) is 6.11. The normalized spacial score (nSPS) is 19.4. The van der Waals surface area contributed by atoms with Crippen LogP contribution >= 0.6 is 0 Å². The minimum Gasteiger partial charge on any atom is -0.504 e. The minimum absolute atomic E-state index is 0.0166. The molecule has 12 nitrogen and oxygen atoms in total. The van der Waals surface area contributed by atoms with E-state index in [9.17, 15) is 24.3 Å². The van der Waals surface area contributed by atoms with Gasteiger partial charge < -0.3 is 9.84 Å². The number of aromatic nitrogens is 6. The SMILES string of the molecule is COc1ccc([C@H]2C3=CCn4c(=O)n(C)c(=O)n4[C@@H]3Cn3c(=O)n(C)c(=O)n32)cc1O. The van der Waals surface area contributed by atoms with Crippen LogP contribution in [0.2, 0.25) is 0 Å². The third kappa shape index (κ3) is 2.35. The first kappa shape index (κ1) is 19.0. The number of aromatic hydroxyl groups is 1. The van der Waals surface area contributed by atoms with Gasteiger partial charge in [0.05, 0.1) is 26.2 Å². The number of phenols is 1. The lowest BCUT2D eigenvalue weighted by atomic mass is 9.90. The average molecular weight is 428 g/mol. The molecule has 2 aliphatic heterocycles. The number of hydrogen-bond acceptors (Lipinski definition) is 6. The van der Waals surface area contributed by atoms with Gasteiger partial charge in [0.1, 0.15) is 6.04 Å². The van der Waals surface area contributed by atoms with Crippen LogP contribution in [0.15, 0.2) is 49.0 Å². The third-order valence-electron chi connectivity index (χ3n) is 6.11. The van der Waals surface area contributed by atoms with Crippen molar-refractivity contribution < 1.29 is 9.84 Å². The number of allylic oxidation sites excluding steroid dienone is 2. The van der Waals surface area contributed by atoms with E-state index in [4.69, 9.17) is 4.74 Å². The predicted molar refractivity (Wildman–Crippen MR) is 108 cm³/mol. The summed E-state index contributed by atoms with van der Waals surface area (Å²) in [6.45, 7) is 0.161. The Balaban J connectivity index is 1.81. The average Bonchev–Trinajstić information content (AvgIpc) is 3.12. The molecule has 0 saturated carbocycles. The van der Waals surface area contributed by atoms with Crippen molar-refractivity contribution in [2.75, 3.05) is 7.11 Å². The number of fused-ring (bicyclic) bond motifs is 4. The molecule has 2 aromatic heterocycles. The molecule has 0 bridgehead atoms. The van der Waals surface area contributed by atoms with Crippen LogP contribution in [-0.4, -0.2) is 40.1 Å². The van der Waals surface area contributed by atoms with Gasteiger partial charge in [-0.05, 0) is 23.3 Å². The van der Waals surface area contributed by atoms with Crippen molar-refractivity contribution in [3.05, 3.63) is 77.3 Å². The highest BCUT2D eigenvalue weighted by Gasteiger charge is 2.40. The van der Waals surface area contributed by atoms with Crippen LogP contribution in [0, 0.1) is 0 Å². The number of rotatable bonds is 2. The van der Waals surface area contributed by atoms with Crippen LogP contribution in [0.1, 0.15) is 17.6 Å². The lowest BCUT2D eigenvalue weighted by Crippen LogP contribution is -2.46. The van der Waals surface area contributed by atoms with E-state index < -0.39 is 34.8 Å². The van der Waals surface area contributed by atoms with Crippen molar-refractivity contribution >= 4 is 0 Å². The molecular formula is C19H20N6O6. The van der Waals surface area contributed by atoms with Gasteiger partial charge in [0.25, 0.3) is 0 Å². The van der Waals surface area contributed by atoms with Crippen LogP contribution in [0.25, 0.3) is 0 Å². The Labute approximate surface area is 173 Å². The van der Waals surface area contributed by atoms with Gasteiger partial charge in [-0.1, -0.05) is 12.1 Å². The number of ether oxygens (including phenoxy) is 1. The summed E-state index contributed by atoms with van der Waals surface area (Å²) < 4.78 is 12.4. The molecule has 5 rings (SSSR count). The molecule has 4 heterocycles. The molecule has 12 heteroatoms. The number of phenolic OH excluding ortho intramolecular Hbond substituents is 1. The summed E-state index contributed by atoms with van der Waals surface area (Å²) in [7, 11) is 4.21. The van der Waals surface area contributed by atoms with Crippen molar-refractivity contribution in [2.24, 2.45) is 14.1 Å². The van der Waals surface area contributed by atoms with Crippen molar-refractivity contribution in [1.29, 1.82) is 0 Å². The molecule has 0 spiro atoms. The smallest absolute Gasteiger partial charge is 0.347 e. The summed E-state index contributed by atoms with van der Waals surface area (Å²) in [5.41, 5.74) is -0.789. The van der Waals surface area contributed by atoms with Crippen LogP contribution in [-0.2, 0) is 27.2 Å². The Bertz CT molecular complexity index is 1510. The van der Waals surface area contributed by atoms with Gasteiger partial charge >= 0.3 is 22.8 Å². The van der Waals surface area contributed by atoms with E-state index in [-0.39, 0.29) is 24.6 Å². The first-order valence-corrected chi connectivity index (χ1v) is 9.59. The number of methoxy groups -OCH3 is 1. The van der Waals surface area contributed by atoms with E-state index in [1.807, 2.05) is 0 Å². The Hall–Kier alpha value is -3.96. The van der Waals surface area contributed by atoms with E-state index in [1.54, 1.807) is 18.2 Å². The van der Waals surface area contributed by atoms with Gasteiger partial charge in [-0.3, -0.25) is 0 Å². The molecule has 0 fully saturated rings. The topological polar surface area (TPSA) is 127 Å². The second-order valence-corrected chi connectivity index (χ2v) is 7.66. The van der Waals surface area contributed by atoms with E-state index in [0.29, 0.717) is 11.1 Å². The molecule has 2 atom stereocenters. The second-order valence-electron chi connectivity index (χ2n) is 7.66.